The number of benzene rings is 1. The molecule has 12 nitrogen and oxygen atoms in total. The summed E-state index contributed by atoms with van der Waals surface area (Å²) < 4.78 is 11.0. The molecule has 0 atom stereocenters. The lowest BCUT2D eigenvalue weighted by Crippen LogP contribution is -2.30. The number of ether oxygens (including phenoxy) is 2. The minimum absolute atomic E-state index is 0.0463. The van der Waals surface area contributed by atoms with Gasteiger partial charge in [-0.3, -0.25) is 9.59 Å². The standard InChI is InChI=1S/C25H29N7O5S/c1-31(2)9-7-27-23(34)19-13-16-22(28-25(26)29-24(16)38-19)21(15-5-6-17-18(12-15)36-14-35-17)30-37-11-10-32-8-3-4-20(32)33/h5-6,12-13H,3-4,7-11,14H2,1-2H3,(H,27,34)(H2,26,28,29)/b30-21+. The number of nitrogen functional groups attached to an aromatic ring is 1. The number of thiophene rings is 1. The molecule has 38 heavy (non-hydrogen) atoms. The maximum absolute atomic E-state index is 12.8. The highest BCUT2D eigenvalue weighted by Crippen LogP contribution is 2.34. The van der Waals surface area contributed by atoms with E-state index in [1.807, 2.05) is 25.1 Å². The van der Waals surface area contributed by atoms with Crippen LogP contribution in [0, 0.1) is 0 Å². The summed E-state index contributed by atoms with van der Waals surface area (Å²) in [7, 11) is 3.89. The van der Waals surface area contributed by atoms with Crippen molar-refractivity contribution in [2.24, 2.45) is 5.16 Å². The van der Waals surface area contributed by atoms with Gasteiger partial charge < -0.3 is 35.2 Å². The molecule has 2 amide bonds. The minimum atomic E-state index is -0.201. The van der Waals surface area contributed by atoms with Crippen molar-refractivity contribution < 1.29 is 23.9 Å². The highest BCUT2D eigenvalue weighted by Gasteiger charge is 2.23. The molecule has 1 fully saturated rings. The first-order valence-corrected chi connectivity index (χ1v) is 13.1. The van der Waals surface area contributed by atoms with Crippen LogP contribution in [0.3, 0.4) is 0 Å². The lowest BCUT2D eigenvalue weighted by Gasteiger charge is -2.14. The Balaban J connectivity index is 1.47. The van der Waals surface area contributed by atoms with Crippen molar-refractivity contribution in [2.75, 3.05) is 59.4 Å². The Morgan fingerprint density at radius 3 is 2.89 bits per heavy atom. The number of amides is 2. The summed E-state index contributed by atoms with van der Waals surface area (Å²) in [6, 6.07) is 7.14. The minimum Gasteiger partial charge on any atom is -0.454 e. The fraction of sp³-hybridized carbons (Fsp3) is 0.400. The summed E-state index contributed by atoms with van der Waals surface area (Å²) in [5.41, 5.74) is 7.56. The zero-order chi connectivity index (χ0) is 26.6. The molecule has 13 heteroatoms. The molecule has 2 aromatic heterocycles. The molecule has 0 spiro atoms. The zero-order valence-electron chi connectivity index (χ0n) is 21.2. The van der Waals surface area contributed by atoms with Crippen LogP contribution in [0.2, 0.25) is 0 Å². The number of nitrogens with zero attached hydrogens (tertiary/aromatic N) is 5. The number of hydrogen-bond donors (Lipinski definition) is 2. The maximum atomic E-state index is 12.8. The van der Waals surface area contributed by atoms with Crippen molar-refractivity contribution >= 4 is 45.0 Å². The van der Waals surface area contributed by atoms with Gasteiger partial charge in [0.2, 0.25) is 18.6 Å². The topological polar surface area (TPSA) is 144 Å². The van der Waals surface area contributed by atoms with E-state index in [-0.39, 0.29) is 31.2 Å². The Hall–Kier alpha value is -3.97. The number of nitrogens with two attached hydrogens (primary N) is 1. The second-order valence-electron chi connectivity index (χ2n) is 9.14. The number of nitrogens with one attached hydrogen (secondary N) is 1. The lowest BCUT2D eigenvalue weighted by molar-refractivity contribution is -0.128. The SMILES string of the molecule is CN(C)CCNC(=O)c1cc2c(/C(=N/OCCN3CCCC3=O)c3ccc4c(c3)OCO4)nc(N)nc2s1. The normalized spacial score (nSPS) is 15.1. The zero-order valence-corrected chi connectivity index (χ0v) is 22.0. The van der Waals surface area contributed by atoms with Crippen LogP contribution in [-0.4, -0.2) is 91.0 Å². The molecule has 2 aliphatic heterocycles. The third-order valence-electron chi connectivity index (χ3n) is 6.13. The van der Waals surface area contributed by atoms with E-state index in [4.69, 9.17) is 20.0 Å². The van der Waals surface area contributed by atoms with E-state index in [1.165, 1.54) is 11.3 Å². The van der Waals surface area contributed by atoms with E-state index in [9.17, 15) is 9.59 Å². The average molecular weight is 540 g/mol. The Labute approximate surface area is 223 Å². The van der Waals surface area contributed by atoms with Gasteiger partial charge in [0.05, 0.1) is 11.4 Å². The molecule has 0 radical (unpaired) electrons. The number of oxime groups is 1. The smallest absolute Gasteiger partial charge is 0.261 e. The van der Waals surface area contributed by atoms with Crippen molar-refractivity contribution in [2.45, 2.75) is 12.8 Å². The van der Waals surface area contributed by atoms with Gasteiger partial charge in [0.25, 0.3) is 5.91 Å². The van der Waals surface area contributed by atoms with Crippen LogP contribution in [0.4, 0.5) is 5.95 Å². The molecule has 5 rings (SSSR count). The van der Waals surface area contributed by atoms with Crippen LogP contribution in [0.25, 0.3) is 10.2 Å². The number of fused-ring (bicyclic) bond motifs is 2. The third-order valence-corrected chi connectivity index (χ3v) is 7.16. The van der Waals surface area contributed by atoms with Crippen LogP contribution >= 0.6 is 11.3 Å². The van der Waals surface area contributed by atoms with E-state index in [2.05, 4.69) is 20.4 Å². The van der Waals surface area contributed by atoms with E-state index < -0.39 is 0 Å². The number of hydrogen-bond acceptors (Lipinski definition) is 11. The van der Waals surface area contributed by atoms with Crippen molar-refractivity contribution in [1.29, 1.82) is 0 Å². The summed E-state index contributed by atoms with van der Waals surface area (Å²) in [4.78, 5) is 44.1. The first-order valence-electron chi connectivity index (χ1n) is 12.3. The van der Waals surface area contributed by atoms with Gasteiger partial charge >= 0.3 is 0 Å². The molecule has 0 saturated carbocycles. The summed E-state index contributed by atoms with van der Waals surface area (Å²) in [6.45, 7) is 2.74. The van der Waals surface area contributed by atoms with Gasteiger partial charge in [-0.05, 0) is 44.8 Å². The van der Waals surface area contributed by atoms with Gasteiger partial charge in [0, 0.05) is 37.0 Å². The summed E-state index contributed by atoms with van der Waals surface area (Å²) in [5.74, 6) is 1.16. The molecule has 1 aromatic carbocycles. The second-order valence-corrected chi connectivity index (χ2v) is 10.2. The number of carbonyl (C=O) groups is 2. The van der Waals surface area contributed by atoms with Gasteiger partial charge in [-0.1, -0.05) is 5.16 Å². The van der Waals surface area contributed by atoms with Crippen LogP contribution in [0.5, 0.6) is 11.5 Å². The van der Waals surface area contributed by atoms with Crippen molar-refractivity contribution in [1.82, 2.24) is 25.1 Å². The fourth-order valence-corrected chi connectivity index (χ4v) is 5.14. The van der Waals surface area contributed by atoms with Crippen molar-refractivity contribution in [3.63, 3.8) is 0 Å². The molecular weight excluding hydrogens is 510 g/mol. The van der Waals surface area contributed by atoms with E-state index in [0.29, 0.717) is 63.1 Å². The lowest BCUT2D eigenvalue weighted by atomic mass is 10.0. The number of aromatic nitrogens is 2. The second kappa shape index (κ2) is 11.2. The number of likely N-dealkylation sites (N-methyl/N-ethyl adjacent to an activating group) is 1. The highest BCUT2D eigenvalue weighted by molar-refractivity contribution is 7.20. The Bertz CT molecular complexity index is 1390. The van der Waals surface area contributed by atoms with E-state index >= 15 is 0 Å². The third kappa shape index (κ3) is 5.63. The Morgan fingerprint density at radius 2 is 2.11 bits per heavy atom. The fourth-order valence-electron chi connectivity index (χ4n) is 4.19. The Morgan fingerprint density at radius 1 is 1.26 bits per heavy atom. The highest BCUT2D eigenvalue weighted by atomic mass is 32.1. The first-order chi connectivity index (χ1) is 18.4. The monoisotopic (exact) mass is 539 g/mol. The van der Waals surface area contributed by atoms with Gasteiger partial charge in [0.15, 0.2) is 11.5 Å². The molecule has 0 unspecified atom stereocenters. The van der Waals surface area contributed by atoms with Crippen molar-refractivity contribution in [3.8, 4) is 11.5 Å². The molecule has 1 saturated heterocycles. The van der Waals surface area contributed by atoms with Crippen LogP contribution in [0.1, 0.15) is 33.8 Å². The molecule has 200 valence electrons. The maximum Gasteiger partial charge on any atom is 0.261 e. The molecule has 3 aromatic rings. The largest absolute Gasteiger partial charge is 0.454 e. The number of anilines is 1. The number of likely N-dealkylation sites (tertiary alicyclic amines) is 1. The number of rotatable bonds is 10. The van der Waals surface area contributed by atoms with E-state index in [1.54, 1.807) is 23.1 Å². The van der Waals surface area contributed by atoms with E-state index in [0.717, 1.165) is 19.5 Å². The molecule has 0 aliphatic carbocycles. The summed E-state index contributed by atoms with van der Waals surface area (Å²) in [5, 5.41) is 7.97. The number of carbonyl (C=O) groups excluding carboxylic acids is 2. The molecule has 4 heterocycles. The van der Waals surface area contributed by atoms with Gasteiger partial charge in [-0.15, -0.1) is 11.3 Å². The van der Waals surface area contributed by atoms with Crippen molar-refractivity contribution in [3.05, 3.63) is 40.4 Å². The van der Waals surface area contributed by atoms with Gasteiger partial charge in [-0.25, -0.2) is 9.97 Å². The average Bonchev–Trinajstić information content (AvgIpc) is 3.62. The molecular formula is C25H29N7O5S. The van der Waals surface area contributed by atoms with Gasteiger partial charge in [0.1, 0.15) is 22.8 Å². The summed E-state index contributed by atoms with van der Waals surface area (Å²) >= 11 is 1.23. The van der Waals surface area contributed by atoms with Crippen LogP contribution < -0.4 is 20.5 Å². The predicted molar refractivity (Wildman–Crippen MR) is 143 cm³/mol. The first kappa shape index (κ1) is 25.7. The van der Waals surface area contributed by atoms with Crippen LogP contribution in [-0.2, 0) is 9.63 Å². The summed E-state index contributed by atoms with van der Waals surface area (Å²) in [6.07, 6.45) is 1.42. The quantitative estimate of drug-likeness (QED) is 0.223. The van der Waals surface area contributed by atoms with Gasteiger partial charge in [-0.2, -0.15) is 0 Å². The predicted octanol–water partition coefficient (Wildman–Crippen LogP) is 1.69. The molecule has 2 aliphatic rings. The molecule has 3 N–H and O–H groups in total. The van der Waals surface area contributed by atoms with Crippen LogP contribution in [0.15, 0.2) is 29.4 Å². The molecule has 0 bridgehead atoms. The Kier molecular flexibility index (Phi) is 7.56.